The summed E-state index contributed by atoms with van der Waals surface area (Å²) < 4.78 is 1.42. The van der Waals surface area contributed by atoms with Crippen LogP contribution in [0.2, 0.25) is 5.02 Å². The van der Waals surface area contributed by atoms with Crippen molar-refractivity contribution in [2.24, 2.45) is 0 Å². The third-order valence-electron chi connectivity index (χ3n) is 5.15. The van der Waals surface area contributed by atoms with Gasteiger partial charge in [-0.3, -0.25) is 9.69 Å². The number of rotatable bonds is 5. The van der Waals surface area contributed by atoms with E-state index in [2.05, 4.69) is 26.8 Å². The van der Waals surface area contributed by atoms with Crippen molar-refractivity contribution in [2.75, 3.05) is 31.1 Å². The molecule has 3 aromatic rings. The fourth-order valence-electron chi connectivity index (χ4n) is 3.49. The van der Waals surface area contributed by atoms with E-state index >= 15 is 0 Å². The van der Waals surface area contributed by atoms with Crippen molar-refractivity contribution in [3.8, 4) is 0 Å². The smallest absolute Gasteiger partial charge is 0.287 e. The summed E-state index contributed by atoms with van der Waals surface area (Å²) in [5.41, 5.74) is 1.49. The van der Waals surface area contributed by atoms with Gasteiger partial charge in [0.1, 0.15) is 10.0 Å². The van der Waals surface area contributed by atoms with Crippen LogP contribution in [0, 0.1) is 0 Å². The maximum Gasteiger partial charge on any atom is 0.287 e. The number of piperazine rings is 1. The summed E-state index contributed by atoms with van der Waals surface area (Å²) in [5.74, 6) is 0. The van der Waals surface area contributed by atoms with E-state index in [1.165, 1.54) is 4.68 Å². The molecule has 1 saturated heterocycles. The van der Waals surface area contributed by atoms with Gasteiger partial charge in [-0.1, -0.05) is 41.9 Å². The first-order valence-corrected chi connectivity index (χ1v) is 10.6. The molecular weight excluding hydrogens is 394 g/mol. The summed E-state index contributed by atoms with van der Waals surface area (Å²) in [6.07, 6.45) is 3.56. The second-order valence-electron chi connectivity index (χ2n) is 6.86. The minimum absolute atomic E-state index is 0.243. The fourth-order valence-corrected chi connectivity index (χ4v) is 4.49. The highest BCUT2D eigenvalue weighted by Gasteiger charge is 2.25. The van der Waals surface area contributed by atoms with Crippen LogP contribution in [0.15, 0.2) is 52.9 Å². The number of anilines is 1. The molecule has 1 fully saturated rings. The van der Waals surface area contributed by atoms with Gasteiger partial charge in [0.2, 0.25) is 0 Å². The van der Waals surface area contributed by atoms with Crippen molar-refractivity contribution in [3.05, 3.63) is 74.1 Å². The Morgan fingerprint density at radius 1 is 1.18 bits per heavy atom. The molecule has 1 atom stereocenters. The van der Waals surface area contributed by atoms with E-state index in [1.807, 2.05) is 41.9 Å². The molecule has 6 nitrogen and oxygen atoms in total. The molecular formula is C20H22ClN5OS. The Balaban J connectivity index is 1.45. The van der Waals surface area contributed by atoms with E-state index in [-0.39, 0.29) is 10.6 Å². The molecule has 2 aromatic heterocycles. The number of nitrogens with zero attached hydrogens (tertiary/aromatic N) is 5. The number of aromatic nitrogens is 3. The summed E-state index contributed by atoms with van der Waals surface area (Å²) in [7, 11) is 0. The Morgan fingerprint density at radius 2 is 1.93 bits per heavy atom. The molecule has 1 unspecified atom stereocenters. The number of halogens is 1. The molecule has 4 rings (SSSR count). The predicted molar refractivity (Wildman–Crippen MR) is 113 cm³/mol. The average molecular weight is 416 g/mol. The Kier molecular flexibility index (Phi) is 5.75. The minimum atomic E-state index is -0.249. The van der Waals surface area contributed by atoms with Crippen LogP contribution >= 0.6 is 22.9 Å². The van der Waals surface area contributed by atoms with E-state index in [0.717, 1.165) is 42.4 Å². The van der Waals surface area contributed by atoms with Crippen LogP contribution in [0.4, 0.5) is 5.69 Å². The van der Waals surface area contributed by atoms with E-state index in [1.54, 1.807) is 17.5 Å². The highest BCUT2D eigenvalue weighted by Crippen LogP contribution is 2.27. The van der Waals surface area contributed by atoms with Gasteiger partial charge in [-0.2, -0.15) is 5.10 Å². The number of hydrogen-bond acceptors (Lipinski definition) is 6. The van der Waals surface area contributed by atoms with Crippen molar-refractivity contribution in [1.82, 2.24) is 19.7 Å². The topological polar surface area (TPSA) is 54.3 Å². The lowest BCUT2D eigenvalue weighted by Gasteiger charge is -2.38. The summed E-state index contributed by atoms with van der Waals surface area (Å²) in [5, 5.41) is 7.75. The van der Waals surface area contributed by atoms with Crippen LogP contribution in [0.25, 0.3) is 0 Å². The van der Waals surface area contributed by atoms with Gasteiger partial charge in [0, 0.05) is 37.8 Å². The Morgan fingerprint density at radius 3 is 2.61 bits per heavy atom. The molecule has 8 heteroatoms. The largest absolute Gasteiger partial charge is 0.366 e. The molecule has 146 valence electrons. The number of thiazole rings is 1. The molecule has 1 aliphatic heterocycles. The first-order valence-electron chi connectivity index (χ1n) is 9.31. The zero-order chi connectivity index (χ0) is 19.5. The van der Waals surface area contributed by atoms with Crippen molar-refractivity contribution in [1.29, 1.82) is 0 Å². The molecule has 0 saturated carbocycles. The normalized spacial score (nSPS) is 16.3. The predicted octanol–water partition coefficient (Wildman–Crippen LogP) is 3.28. The molecule has 1 aliphatic rings. The summed E-state index contributed by atoms with van der Waals surface area (Å²) in [6, 6.07) is 10.1. The van der Waals surface area contributed by atoms with Gasteiger partial charge in [0.25, 0.3) is 5.56 Å². The van der Waals surface area contributed by atoms with Gasteiger partial charge in [-0.25, -0.2) is 9.67 Å². The van der Waals surface area contributed by atoms with E-state index < -0.39 is 0 Å². The van der Waals surface area contributed by atoms with E-state index in [4.69, 9.17) is 11.6 Å². The molecule has 28 heavy (non-hydrogen) atoms. The lowest BCUT2D eigenvalue weighted by molar-refractivity contribution is 0.198. The van der Waals surface area contributed by atoms with Crippen molar-refractivity contribution < 1.29 is 0 Å². The van der Waals surface area contributed by atoms with E-state index in [0.29, 0.717) is 12.6 Å². The number of hydrogen-bond donors (Lipinski definition) is 0. The monoisotopic (exact) mass is 415 g/mol. The van der Waals surface area contributed by atoms with Crippen LogP contribution in [-0.4, -0.2) is 45.8 Å². The summed E-state index contributed by atoms with van der Waals surface area (Å²) in [6.45, 7) is 6.00. The third-order valence-corrected chi connectivity index (χ3v) is 6.45. The van der Waals surface area contributed by atoms with Gasteiger partial charge < -0.3 is 4.90 Å². The van der Waals surface area contributed by atoms with Gasteiger partial charge in [0.15, 0.2) is 0 Å². The number of benzene rings is 1. The van der Waals surface area contributed by atoms with Gasteiger partial charge >= 0.3 is 0 Å². The van der Waals surface area contributed by atoms with Crippen LogP contribution in [0.1, 0.15) is 23.5 Å². The van der Waals surface area contributed by atoms with Crippen molar-refractivity contribution in [2.45, 2.75) is 19.5 Å². The Hall–Kier alpha value is -2.22. The van der Waals surface area contributed by atoms with Gasteiger partial charge in [0.05, 0.1) is 24.5 Å². The molecule has 0 spiro atoms. The first kappa shape index (κ1) is 19.1. The minimum Gasteiger partial charge on any atom is -0.366 e. The van der Waals surface area contributed by atoms with Crippen LogP contribution < -0.4 is 10.5 Å². The molecule has 3 heterocycles. The quantitative estimate of drug-likeness (QED) is 0.640. The second-order valence-corrected chi connectivity index (χ2v) is 8.17. The standard InChI is InChI=1S/C20H22ClN5OS/c1-15(19-22-7-12-28-19)24-8-10-25(11-9-24)17-13-23-26(20(27)18(17)21)14-16-5-3-2-4-6-16/h2-7,12-13,15H,8-11,14H2,1H3. The fraction of sp³-hybridized carbons (Fsp3) is 0.350. The van der Waals surface area contributed by atoms with Gasteiger partial charge in [-0.05, 0) is 12.5 Å². The molecule has 0 amide bonds. The van der Waals surface area contributed by atoms with Crippen LogP contribution in [-0.2, 0) is 6.54 Å². The Bertz CT molecular complexity index is 968. The first-order chi connectivity index (χ1) is 13.6. The molecule has 0 aliphatic carbocycles. The van der Waals surface area contributed by atoms with Gasteiger partial charge in [-0.15, -0.1) is 11.3 Å². The lowest BCUT2D eigenvalue weighted by Crippen LogP contribution is -2.47. The van der Waals surface area contributed by atoms with Crippen molar-refractivity contribution in [3.63, 3.8) is 0 Å². The van der Waals surface area contributed by atoms with E-state index in [9.17, 15) is 4.79 Å². The SMILES string of the molecule is CC(c1nccs1)N1CCN(c2cnn(Cc3ccccc3)c(=O)c2Cl)CC1. The third kappa shape index (κ3) is 3.97. The lowest BCUT2D eigenvalue weighted by atomic mass is 10.2. The summed E-state index contributed by atoms with van der Waals surface area (Å²) >= 11 is 8.13. The Labute approximate surface area is 173 Å². The van der Waals surface area contributed by atoms with Crippen LogP contribution in [0.3, 0.4) is 0 Å². The van der Waals surface area contributed by atoms with Crippen molar-refractivity contribution >= 4 is 28.6 Å². The highest BCUT2D eigenvalue weighted by molar-refractivity contribution is 7.09. The molecule has 0 N–H and O–H groups in total. The second kappa shape index (κ2) is 8.43. The maximum atomic E-state index is 12.7. The maximum absolute atomic E-state index is 12.7. The van der Waals surface area contributed by atoms with Crippen LogP contribution in [0.5, 0.6) is 0 Å². The molecule has 1 aromatic carbocycles. The molecule has 0 radical (unpaired) electrons. The highest BCUT2D eigenvalue weighted by atomic mass is 35.5. The summed E-state index contributed by atoms with van der Waals surface area (Å²) in [4.78, 5) is 21.7. The zero-order valence-electron chi connectivity index (χ0n) is 15.7. The zero-order valence-corrected chi connectivity index (χ0v) is 17.2. The average Bonchev–Trinajstić information content (AvgIpc) is 3.27. The molecule has 0 bridgehead atoms.